The third-order valence-electron chi connectivity index (χ3n) is 2.48. The first-order valence-electron chi connectivity index (χ1n) is 5.52. The van der Waals surface area contributed by atoms with Gasteiger partial charge in [-0.2, -0.15) is 0 Å². The average Bonchev–Trinajstić information content (AvgIpc) is 2.28. The second-order valence-electron chi connectivity index (χ2n) is 4.19. The largest absolute Gasteiger partial charge is 0.366 e. The molecule has 0 atom stereocenters. The number of ketones is 1. The molecule has 5 nitrogen and oxygen atoms in total. The second kappa shape index (κ2) is 5.95. The molecule has 0 unspecified atom stereocenters. The predicted molar refractivity (Wildman–Crippen MR) is 66.7 cm³/mol. The number of benzene rings is 1. The summed E-state index contributed by atoms with van der Waals surface area (Å²) in [5, 5.41) is 0. The highest BCUT2D eigenvalue weighted by Gasteiger charge is 2.11. The lowest BCUT2D eigenvalue weighted by Crippen LogP contribution is -2.27. The van der Waals surface area contributed by atoms with Crippen molar-refractivity contribution in [3.8, 4) is 0 Å². The number of Topliss-reactive ketones (excluding diaryl/α,β-unsaturated/α-hetero) is 1. The van der Waals surface area contributed by atoms with Crippen molar-refractivity contribution in [3.63, 3.8) is 0 Å². The standard InChI is InChI=1S/C13H16N2O3/c1-9(16)7-12(17)15(2)8-10-3-5-11(6-4-10)13(14)18/h3-6H,7-8H2,1-2H3,(H2,14,18). The normalized spacial score (nSPS) is 9.89. The number of carbonyl (C=O) groups excluding carboxylic acids is 3. The number of hydrogen-bond donors (Lipinski definition) is 1. The third kappa shape index (κ3) is 4.01. The second-order valence-corrected chi connectivity index (χ2v) is 4.19. The number of nitrogens with zero attached hydrogens (tertiary/aromatic N) is 1. The van der Waals surface area contributed by atoms with E-state index >= 15 is 0 Å². The zero-order valence-corrected chi connectivity index (χ0v) is 10.5. The third-order valence-corrected chi connectivity index (χ3v) is 2.48. The number of amides is 2. The van der Waals surface area contributed by atoms with E-state index in [0.717, 1.165) is 5.56 Å². The van der Waals surface area contributed by atoms with Crippen LogP contribution < -0.4 is 5.73 Å². The monoisotopic (exact) mass is 248 g/mol. The zero-order chi connectivity index (χ0) is 13.7. The van der Waals surface area contributed by atoms with Crippen LogP contribution >= 0.6 is 0 Å². The van der Waals surface area contributed by atoms with Crippen LogP contribution in [0.3, 0.4) is 0 Å². The summed E-state index contributed by atoms with van der Waals surface area (Å²) in [6, 6.07) is 6.69. The molecule has 0 radical (unpaired) electrons. The lowest BCUT2D eigenvalue weighted by atomic mass is 10.1. The number of primary amides is 1. The van der Waals surface area contributed by atoms with Gasteiger partial charge in [0.15, 0.2) is 0 Å². The van der Waals surface area contributed by atoms with Crippen LogP contribution in [0.5, 0.6) is 0 Å². The molecule has 0 bridgehead atoms. The lowest BCUT2D eigenvalue weighted by Gasteiger charge is -2.16. The van der Waals surface area contributed by atoms with E-state index < -0.39 is 5.91 Å². The van der Waals surface area contributed by atoms with Gasteiger partial charge in [0.25, 0.3) is 0 Å². The molecule has 0 aliphatic carbocycles. The van der Waals surface area contributed by atoms with Gasteiger partial charge < -0.3 is 10.6 Å². The van der Waals surface area contributed by atoms with Crippen LogP contribution in [0.1, 0.15) is 29.3 Å². The van der Waals surface area contributed by atoms with Crippen molar-refractivity contribution >= 4 is 17.6 Å². The summed E-state index contributed by atoms with van der Waals surface area (Å²) in [5.74, 6) is -0.861. The van der Waals surface area contributed by atoms with Crippen molar-refractivity contribution in [3.05, 3.63) is 35.4 Å². The van der Waals surface area contributed by atoms with E-state index in [-0.39, 0.29) is 18.1 Å². The molecule has 18 heavy (non-hydrogen) atoms. The Labute approximate surface area is 106 Å². The van der Waals surface area contributed by atoms with E-state index in [2.05, 4.69) is 0 Å². The molecule has 96 valence electrons. The van der Waals surface area contributed by atoms with Crippen LogP contribution in [0.2, 0.25) is 0 Å². The summed E-state index contributed by atoms with van der Waals surface area (Å²) in [7, 11) is 1.63. The Kier molecular flexibility index (Phi) is 4.59. The minimum absolute atomic E-state index is 0.0874. The smallest absolute Gasteiger partial charge is 0.248 e. The molecule has 1 aromatic rings. The van der Waals surface area contributed by atoms with Gasteiger partial charge in [0.05, 0.1) is 6.42 Å². The van der Waals surface area contributed by atoms with E-state index in [1.165, 1.54) is 11.8 Å². The maximum absolute atomic E-state index is 11.6. The molecule has 0 aliphatic heterocycles. The lowest BCUT2D eigenvalue weighted by molar-refractivity contribution is -0.134. The van der Waals surface area contributed by atoms with Crippen molar-refractivity contribution in [1.82, 2.24) is 4.90 Å². The van der Waals surface area contributed by atoms with Crippen LogP contribution in [0.25, 0.3) is 0 Å². The van der Waals surface area contributed by atoms with E-state index in [4.69, 9.17) is 5.73 Å². The van der Waals surface area contributed by atoms with Crippen LogP contribution in [0.15, 0.2) is 24.3 Å². The molecule has 0 fully saturated rings. The fourth-order valence-electron chi connectivity index (χ4n) is 1.48. The maximum Gasteiger partial charge on any atom is 0.248 e. The van der Waals surface area contributed by atoms with Crippen molar-refractivity contribution in [2.24, 2.45) is 5.73 Å². The first-order chi connectivity index (χ1) is 8.40. The first-order valence-corrected chi connectivity index (χ1v) is 5.52. The van der Waals surface area contributed by atoms with Crippen molar-refractivity contribution in [2.45, 2.75) is 19.9 Å². The topological polar surface area (TPSA) is 80.5 Å². The number of carbonyl (C=O) groups is 3. The minimum atomic E-state index is -0.484. The molecule has 2 amide bonds. The number of nitrogens with two attached hydrogens (primary N) is 1. The molecule has 1 aromatic carbocycles. The first kappa shape index (κ1) is 13.9. The highest BCUT2D eigenvalue weighted by atomic mass is 16.2. The predicted octanol–water partition coefficient (Wildman–Crippen LogP) is 0.723. The van der Waals surface area contributed by atoms with Gasteiger partial charge in [0, 0.05) is 19.2 Å². The fourth-order valence-corrected chi connectivity index (χ4v) is 1.48. The molecular weight excluding hydrogens is 232 g/mol. The van der Waals surface area contributed by atoms with E-state index in [0.29, 0.717) is 12.1 Å². The van der Waals surface area contributed by atoms with Crippen LogP contribution in [0, 0.1) is 0 Å². The Bertz CT molecular complexity index is 466. The van der Waals surface area contributed by atoms with Crippen molar-refractivity contribution in [1.29, 1.82) is 0 Å². The van der Waals surface area contributed by atoms with Crippen LogP contribution in [-0.4, -0.2) is 29.5 Å². The van der Waals surface area contributed by atoms with Gasteiger partial charge in [-0.3, -0.25) is 14.4 Å². The molecule has 0 spiro atoms. The van der Waals surface area contributed by atoms with Gasteiger partial charge in [-0.05, 0) is 24.6 Å². The molecule has 1 rings (SSSR count). The molecule has 0 saturated carbocycles. The summed E-state index contributed by atoms with van der Waals surface area (Å²) in [5.41, 5.74) is 6.43. The Morgan fingerprint density at radius 2 is 1.72 bits per heavy atom. The average molecular weight is 248 g/mol. The van der Waals surface area contributed by atoms with Crippen molar-refractivity contribution < 1.29 is 14.4 Å². The van der Waals surface area contributed by atoms with Gasteiger partial charge in [0.2, 0.25) is 11.8 Å². The summed E-state index contributed by atoms with van der Waals surface area (Å²) < 4.78 is 0. The maximum atomic E-state index is 11.6. The summed E-state index contributed by atoms with van der Waals surface area (Å²) >= 11 is 0. The van der Waals surface area contributed by atoms with Crippen molar-refractivity contribution in [2.75, 3.05) is 7.05 Å². The molecule has 0 heterocycles. The minimum Gasteiger partial charge on any atom is -0.366 e. The Hall–Kier alpha value is -2.17. The van der Waals surface area contributed by atoms with Gasteiger partial charge >= 0.3 is 0 Å². The SMILES string of the molecule is CC(=O)CC(=O)N(C)Cc1ccc(C(N)=O)cc1. The van der Waals surface area contributed by atoms with Crippen LogP contribution in [0.4, 0.5) is 0 Å². The Morgan fingerprint density at radius 1 is 1.17 bits per heavy atom. The summed E-state index contributed by atoms with van der Waals surface area (Å²) in [4.78, 5) is 34.8. The molecule has 2 N–H and O–H groups in total. The quantitative estimate of drug-likeness (QED) is 0.780. The van der Waals surface area contributed by atoms with Gasteiger partial charge in [-0.25, -0.2) is 0 Å². The van der Waals surface area contributed by atoms with E-state index in [1.807, 2.05) is 0 Å². The highest BCUT2D eigenvalue weighted by Crippen LogP contribution is 2.07. The molecule has 0 aromatic heterocycles. The van der Waals surface area contributed by atoms with Crippen LogP contribution in [-0.2, 0) is 16.1 Å². The highest BCUT2D eigenvalue weighted by molar-refractivity contribution is 5.96. The van der Waals surface area contributed by atoms with Gasteiger partial charge in [-0.15, -0.1) is 0 Å². The van der Waals surface area contributed by atoms with Gasteiger partial charge in [0.1, 0.15) is 5.78 Å². The number of rotatable bonds is 5. The number of hydrogen-bond acceptors (Lipinski definition) is 3. The Balaban J connectivity index is 2.64. The fraction of sp³-hybridized carbons (Fsp3) is 0.308. The van der Waals surface area contributed by atoms with E-state index in [9.17, 15) is 14.4 Å². The molecule has 0 aliphatic rings. The zero-order valence-electron chi connectivity index (χ0n) is 10.5. The molecule has 0 saturated heterocycles. The Morgan fingerprint density at radius 3 is 2.17 bits per heavy atom. The summed E-state index contributed by atoms with van der Waals surface area (Å²) in [6.45, 7) is 1.78. The summed E-state index contributed by atoms with van der Waals surface area (Å²) in [6.07, 6.45) is -0.0874. The molecular formula is C13H16N2O3. The van der Waals surface area contributed by atoms with E-state index in [1.54, 1.807) is 31.3 Å². The van der Waals surface area contributed by atoms with Gasteiger partial charge in [-0.1, -0.05) is 12.1 Å². The molecule has 5 heteroatoms.